The topological polar surface area (TPSA) is 47.4 Å². The zero-order chi connectivity index (χ0) is 12.6. The maximum atomic E-state index is 11.9. The molecule has 17 heavy (non-hydrogen) atoms. The minimum absolute atomic E-state index is 0.267. The Hall–Kier alpha value is -1.04. The first-order chi connectivity index (χ1) is 7.87. The van der Waals surface area contributed by atoms with Crippen molar-refractivity contribution in [1.82, 2.24) is 13.7 Å². The van der Waals surface area contributed by atoms with Gasteiger partial charge in [-0.2, -0.15) is 8.81 Å². The van der Waals surface area contributed by atoms with E-state index in [-0.39, 0.29) is 6.09 Å². The Morgan fingerprint density at radius 1 is 1.53 bits per heavy atom. The van der Waals surface area contributed by atoms with Gasteiger partial charge in [0.2, 0.25) is 0 Å². The number of carbonyl (C=O) groups excluding carboxylic acids is 1. The molecule has 0 N–H and O–H groups in total. The molecular formula is C11H16BrN3O2. The lowest BCUT2D eigenvalue weighted by Crippen LogP contribution is -2.40. The average molecular weight is 302 g/mol. The molecule has 1 aliphatic heterocycles. The van der Waals surface area contributed by atoms with Gasteiger partial charge in [0.15, 0.2) is 0 Å². The lowest BCUT2D eigenvalue weighted by molar-refractivity contribution is 0.0221. The van der Waals surface area contributed by atoms with Crippen LogP contribution in [-0.4, -0.2) is 31.9 Å². The molecule has 5 nitrogen and oxygen atoms in total. The average Bonchev–Trinajstić information content (AvgIpc) is 2.57. The first kappa shape index (κ1) is 12.4. The monoisotopic (exact) mass is 301 g/mol. The van der Waals surface area contributed by atoms with Gasteiger partial charge in [0.05, 0.1) is 34.6 Å². The zero-order valence-corrected chi connectivity index (χ0v) is 11.8. The normalized spacial score (nSPS) is 15.6. The second kappa shape index (κ2) is 4.33. The van der Waals surface area contributed by atoms with Gasteiger partial charge in [-0.1, -0.05) is 0 Å². The van der Waals surface area contributed by atoms with Crippen molar-refractivity contribution in [1.29, 1.82) is 0 Å². The summed E-state index contributed by atoms with van der Waals surface area (Å²) in [6, 6.07) is 0. The maximum absolute atomic E-state index is 11.9. The molecule has 6 heteroatoms. The quantitative estimate of drug-likeness (QED) is 0.739. The third-order valence-corrected chi connectivity index (χ3v) is 3.16. The molecule has 0 radical (unpaired) electrons. The van der Waals surface area contributed by atoms with Crippen molar-refractivity contribution in [2.45, 2.75) is 39.3 Å². The van der Waals surface area contributed by atoms with Gasteiger partial charge in [0.1, 0.15) is 5.60 Å². The Kier molecular flexibility index (Phi) is 3.16. The van der Waals surface area contributed by atoms with Crippen molar-refractivity contribution >= 4 is 22.2 Å². The first-order valence-corrected chi connectivity index (χ1v) is 6.27. The highest BCUT2D eigenvalue weighted by atomic mass is 79.9. The Morgan fingerprint density at radius 3 is 2.88 bits per heavy atom. The van der Waals surface area contributed by atoms with Gasteiger partial charge in [-0.25, -0.2) is 4.79 Å². The summed E-state index contributed by atoms with van der Waals surface area (Å²) < 4.78 is 6.99. The number of carbonyl (C=O) groups is 1. The fourth-order valence-electron chi connectivity index (χ4n) is 1.75. The Morgan fingerprint density at radius 2 is 2.24 bits per heavy atom. The zero-order valence-electron chi connectivity index (χ0n) is 10.2. The SMILES string of the molecule is CC(C)(C)OC(=O)N1CCc2cnn(Br)c2C1. The number of amides is 1. The van der Waals surface area contributed by atoms with Gasteiger partial charge in [-0.15, -0.1) is 0 Å². The van der Waals surface area contributed by atoms with E-state index in [2.05, 4.69) is 21.2 Å². The third kappa shape index (κ3) is 2.80. The molecule has 2 heterocycles. The Labute approximate surface area is 109 Å². The van der Waals surface area contributed by atoms with Crippen LogP contribution in [0.15, 0.2) is 6.20 Å². The van der Waals surface area contributed by atoms with Crippen molar-refractivity contribution in [2.24, 2.45) is 0 Å². The van der Waals surface area contributed by atoms with Crippen LogP contribution in [0.25, 0.3) is 0 Å². The summed E-state index contributed by atoms with van der Waals surface area (Å²) in [7, 11) is 0. The van der Waals surface area contributed by atoms with E-state index in [1.165, 1.54) is 5.56 Å². The predicted molar refractivity (Wildman–Crippen MR) is 66.9 cm³/mol. The van der Waals surface area contributed by atoms with Crippen LogP contribution in [-0.2, 0) is 17.7 Å². The molecule has 1 aliphatic rings. The van der Waals surface area contributed by atoms with Crippen LogP contribution in [0, 0.1) is 0 Å². The molecule has 0 aromatic carbocycles. The molecule has 1 aromatic heterocycles. The summed E-state index contributed by atoms with van der Waals surface area (Å²) in [5.74, 6) is 0. The highest BCUT2D eigenvalue weighted by Gasteiger charge is 2.27. The van der Waals surface area contributed by atoms with Crippen LogP contribution in [0.2, 0.25) is 0 Å². The Bertz CT molecular complexity index is 436. The second-order valence-corrected chi connectivity index (χ2v) is 5.80. The number of aromatic nitrogens is 2. The Balaban J connectivity index is 2.07. The van der Waals surface area contributed by atoms with E-state index < -0.39 is 5.60 Å². The van der Waals surface area contributed by atoms with E-state index in [9.17, 15) is 4.79 Å². The molecule has 0 spiro atoms. The molecule has 0 unspecified atom stereocenters. The first-order valence-electron chi connectivity index (χ1n) is 5.57. The van der Waals surface area contributed by atoms with E-state index >= 15 is 0 Å². The smallest absolute Gasteiger partial charge is 0.410 e. The maximum Gasteiger partial charge on any atom is 0.410 e. The van der Waals surface area contributed by atoms with Crippen LogP contribution in [0.1, 0.15) is 32.0 Å². The molecule has 0 saturated carbocycles. The van der Waals surface area contributed by atoms with Crippen molar-refractivity contribution < 1.29 is 9.53 Å². The van der Waals surface area contributed by atoms with Crippen molar-refractivity contribution in [3.05, 3.63) is 17.5 Å². The van der Waals surface area contributed by atoms with Gasteiger partial charge in [-0.05, 0) is 32.8 Å². The lowest BCUT2D eigenvalue weighted by atomic mass is 10.1. The highest BCUT2D eigenvalue weighted by Crippen LogP contribution is 2.21. The number of fused-ring (bicyclic) bond motifs is 1. The summed E-state index contributed by atoms with van der Waals surface area (Å²) in [6.07, 6.45) is 2.38. The highest BCUT2D eigenvalue weighted by molar-refractivity contribution is 9.08. The molecule has 0 atom stereocenters. The predicted octanol–water partition coefficient (Wildman–Crippen LogP) is 2.33. The van der Waals surface area contributed by atoms with Gasteiger partial charge < -0.3 is 9.64 Å². The molecule has 0 bridgehead atoms. The van der Waals surface area contributed by atoms with Crippen LogP contribution >= 0.6 is 16.1 Å². The van der Waals surface area contributed by atoms with Crippen LogP contribution in [0.5, 0.6) is 0 Å². The standard InChI is InChI=1S/C11H16BrN3O2/c1-11(2,3)17-10(16)14-5-4-8-6-13-15(12)9(8)7-14/h6H,4-5,7H2,1-3H3. The van der Waals surface area contributed by atoms with Crippen LogP contribution < -0.4 is 0 Å². The van der Waals surface area contributed by atoms with E-state index in [0.29, 0.717) is 13.1 Å². The summed E-state index contributed by atoms with van der Waals surface area (Å²) in [6.45, 7) is 6.83. The molecule has 0 aliphatic carbocycles. The largest absolute Gasteiger partial charge is 0.444 e. The van der Waals surface area contributed by atoms with E-state index in [1.54, 1.807) is 8.61 Å². The fraction of sp³-hybridized carbons (Fsp3) is 0.636. The third-order valence-electron chi connectivity index (χ3n) is 2.55. The van der Waals surface area contributed by atoms with Gasteiger partial charge >= 0.3 is 6.09 Å². The number of hydrogen-bond donors (Lipinski definition) is 0. The van der Waals surface area contributed by atoms with Crippen molar-refractivity contribution in [3.63, 3.8) is 0 Å². The minimum atomic E-state index is -0.452. The molecule has 0 fully saturated rings. The van der Waals surface area contributed by atoms with Crippen molar-refractivity contribution in [2.75, 3.05) is 6.54 Å². The van der Waals surface area contributed by atoms with Crippen LogP contribution in [0.3, 0.4) is 0 Å². The molecule has 0 saturated heterocycles. The number of nitrogens with zero attached hydrogens (tertiary/aromatic N) is 3. The molecule has 1 aromatic rings. The van der Waals surface area contributed by atoms with Crippen molar-refractivity contribution in [3.8, 4) is 0 Å². The minimum Gasteiger partial charge on any atom is -0.444 e. The second-order valence-electron chi connectivity index (χ2n) is 5.13. The van der Waals surface area contributed by atoms with Crippen LogP contribution in [0.4, 0.5) is 4.79 Å². The number of hydrogen-bond acceptors (Lipinski definition) is 3. The van der Waals surface area contributed by atoms with Gasteiger partial charge in [0.25, 0.3) is 0 Å². The summed E-state index contributed by atoms with van der Waals surface area (Å²) in [5.41, 5.74) is 1.75. The number of halogens is 1. The van der Waals surface area contributed by atoms with E-state index in [0.717, 1.165) is 12.1 Å². The fourth-order valence-corrected chi connectivity index (χ4v) is 2.18. The number of rotatable bonds is 0. The van der Waals surface area contributed by atoms with E-state index in [4.69, 9.17) is 4.74 Å². The summed E-state index contributed by atoms with van der Waals surface area (Å²) >= 11 is 3.32. The summed E-state index contributed by atoms with van der Waals surface area (Å²) in [4.78, 5) is 13.6. The van der Waals surface area contributed by atoms with E-state index in [1.807, 2.05) is 27.0 Å². The van der Waals surface area contributed by atoms with Gasteiger partial charge in [-0.3, -0.25) is 0 Å². The summed E-state index contributed by atoms with van der Waals surface area (Å²) in [5, 5.41) is 4.12. The molecule has 1 amide bonds. The molecular weight excluding hydrogens is 286 g/mol. The van der Waals surface area contributed by atoms with Gasteiger partial charge in [0, 0.05) is 6.54 Å². The molecule has 94 valence electrons. The number of ether oxygens (including phenoxy) is 1. The lowest BCUT2D eigenvalue weighted by Gasteiger charge is -2.29. The molecule has 2 rings (SSSR count).